The quantitative estimate of drug-likeness (QED) is 0.363. The highest BCUT2D eigenvalue weighted by Gasteiger charge is 2.27. The van der Waals surface area contributed by atoms with Crippen LogP contribution in [-0.4, -0.2) is 79.6 Å². The van der Waals surface area contributed by atoms with Crippen molar-refractivity contribution in [2.45, 2.75) is 25.8 Å². The monoisotopic (exact) mass is 570 g/mol. The van der Waals surface area contributed by atoms with Crippen LogP contribution in [0.2, 0.25) is 5.02 Å². The molecule has 3 aliphatic heterocycles. The van der Waals surface area contributed by atoms with E-state index in [0.29, 0.717) is 13.2 Å². The van der Waals surface area contributed by atoms with Crippen LogP contribution in [0.25, 0.3) is 5.57 Å². The molecule has 7 heteroatoms. The average Bonchev–Trinajstić information content (AvgIpc) is 3.50. The van der Waals surface area contributed by atoms with Crippen molar-refractivity contribution < 1.29 is 9.53 Å². The second-order valence-electron chi connectivity index (χ2n) is 11.4. The van der Waals surface area contributed by atoms with E-state index in [4.69, 9.17) is 16.3 Å². The maximum absolute atomic E-state index is 13.0. The Labute approximate surface area is 248 Å². The fraction of sp³-hybridized carbons (Fsp3) is 0.382. The van der Waals surface area contributed by atoms with Gasteiger partial charge in [0.25, 0.3) is 0 Å². The predicted octanol–water partition coefficient (Wildman–Crippen LogP) is 5.95. The van der Waals surface area contributed by atoms with Gasteiger partial charge in [-0.1, -0.05) is 54.1 Å². The molecule has 2 saturated heterocycles. The zero-order valence-corrected chi connectivity index (χ0v) is 24.6. The molecule has 1 atom stereocenters. The highest BCUT2D eigenvalue weighted by atomic mass is 35.5. The van der Waals surface area contributed by atoms with Gasteiger partial charge in [0.15, 0.2) is 0 Å². The summed E-state index contributed by atoms with van der Waals surface area (Å²) in [6.45, 7) is 9.98. The topological polar surface area (TPSA) is 48.1 Å². The van der Waals surface area contributed by atoms with E-state index < -0.39 is 0 Å². The van der Waals surface area contributed by atoms with Crippen LogP contribution in [-0.2, 0) is 4.79 Å². The minimum atomic E-state index is 0.00788. The minimum absolute atomic E-state index is 0.00788. The molecule has 1 N–H and O–H groups in total. The number of halogens is 1. The van der Waals surface area contributed by atoms with Gasteiger partial charge in [-0.15, -0.1) is 0 Å². The summed E-state index contributed by atoms with van der Waals surface area (Å²) < 4.78 is 6.14. The molecule has 1 unspecified atom stereocenters. The number of hydrogen-bond acceptors (Lipinski definition) is 5. The first kappa shape index (κ1) is 28.0. The molecule has 0 radical (unpaired) electrons. The Bertz CT molecular complexity index is 1380. The number of likely N-dealkylation sites (tertiary alicyclic amines) is 1. The molecule has 0 aliphatic carbocycles. The van der Waals surface area contributed by atoms with Gasteiger partial charge in [0.2, 0.25) is 5.91 Å². The van der Waals surface area contributed by atoms with Gasteiger partial charge in [0.05, 0.1) is 12.6 Å². The second-order valence-corrected chi connectivity index (χ2v) is 11.9. The molecule has 3 aromatic carbocycles. The number of amides is 1. The number of carbonyl (C=O) groups excluding carboxylic acids is 1. The standard InChI is InChI=1S/C34H39ClN4O2/c1-25-28(22-37-15-5-6-16-37)24-41-32-21-30(13-14-31(25)32)36-33(40)23-38-17-19-39(20-18-38)34(26-7-3-2-4-8-26)27-9-11-29(35)12-10-27/h2-4,7-14,21,34H,5-6,15-20,22-24H2,1H3,(H,36,40). The van der Waals surface area contributed by atoms with Crippen molar-refractivity contribution in [3.8, 4) is 5.75 Å². The van der Waals surface area contributed by atoms with E-state index >= 15 is 0 Å². The Morgan fingerprint density at radius 3 is 2.32 bits per heavy atom. The summed E-state index contributed by atoms with van der Waals surface area (Å²) in [5, 5.41) is 3.85. The van der Waals surface area contributed by atoms with Crippen LogP contribution < -0.4 is 10.1 Å². The molecule has 0 bridgehead atoms. The predicted molar refractivity (Wildman–Crippen MR) is 167 cm³/mol. The molecular formula is C34H39ClN4O2. The molecular weight excluding hydrogens is 532 g/mol. The van der Waals surface area contributed by atoms with E-state index in [2.05, 4.69) is 75.5 Å². The lowest BCUT2D eigenvalue weighted by atomic mass is 9.96. The third-order valence-corrected chi connectivity index (χ3v) is 8.91. The fourth-order valence-electron chi connectivity index (χ4n) is 6.35. The van der Waals surface area contributed by atoms with Gasteiger partial charge in [-0.2, -0.15) is 0 Å². The molecule has 1 amide bonds. The molecule has 0 saturated carbocycles. The molecule has 3 aliphatic rings. The number of nitrogens with zero attached hydrogens (tertiary/aromatic N) is 3. The van der Waals surface area contributed by atoms with Crippen LogP contribution in [0.3, 0.4) is 0 Å². The number of piperazine rings is 1. The van der Waals surface area contributed by atoms with Crippen molar-refractivity contribution in [3.63, 3.8) is 0 Å². The summed E-state index contributed by atoms with van der Waals surface area (Å²) in [5.41, 5.74) is 7.09. The fourth-order valence-corrected chi connectivity index (χ4v) is 6.47. The third kappa shape index (κ3) is 6.68. The van der Waals surface area contributed by atoms with Gasteiger partial charge >= 0.3 is 0 Å². The number of allylic oxidation sites excluding steroid dienone is 1. The third-order valence-electron chi connectivity index (χ3n) is 8.66. The van der Waals surface area contributed by atoms with E-state index in [-0.39, 0.29) is 11.9 Å². The van der Waals surface area contributed by atoms with Gasteiger partial charge in [-0.25, -0.2) is 0 Å². The minimum Gasteiger partial charge on any atom is -0.488 e. The summed E-state index contributed by atoms with van der Waals surface area (Å²) in [6, 6.07) is 25.0. The van der Waals surface area contributed by atoms with Crippen molar-refractivity contribution in [1.29, 1.82) is 0 Å². The maximum atomic E-state index is 13.0. The van der Waals surface area contributed by atoms with Crippen molar-refractivity contribution in [2.24, 2.45) is 0 Å². The largest absolute Gasteiger partial charge is 0.488 e. The van der Waals surface area contributed by atoms with Crippen molar-refractivity contribution in [2.75, 3.05) is 64.3 Å². The zero-order valence-electron chi connectivity index (χ0n) is 23.8. The summed E-state index contributed by atoms with van der Waals surface area (Å²) in [6.07, 6.45) is 2.58. The first-order chi connectivity index (χ1) is 20.0. The second kappa shape index (κ2) is 12.8. The molecule has 0 spiro atoms. The maximum Gasteiger partial charge on any atom is 0.238 e. The molecule has 6 rings (SSSR count). The summed E-state index contributed by atoms with van der Waals surface area (Å²) in [7, 11) is 0. The summed E-state index contributed by atoms with van der Waals surface area (Å²) in [5.74, 6) is 0.863. The zero-order chi connectivity index (χ0) is 28.2. The number of ether oxygens (including phenoxy) is 1. The Balaban J connectivity index is 1.05. The molecule has 6 nitrogen and oxygen atoms in total. The highest BCUT2D eigenvalue weighted by Crippen LogP contribution is 2.35. The molecule has 3 aromatic rings. The number of rotatable bonds is 8. The van der Waals surface area contributed by atoms with Crippen molar-refractivity contribution in [1.82, 2.24) is 14.7 Å². The van der Waals surface area contributed by atoms with Gasteiger partial charge in [0.1, 0.15) is 12.4 Å². The summed E-state index contributed by atoms with van der Waals surface area (Å²) in [4.78, 5) is 20.3. The van der Waals surface area contributed by atoms with Crippen LogP contribution >= 0.6 is 11.6 Å². The molecule has 0 aromatic heterocycles. The molecule has 3 heterocycles. The molecule has 41 heavy (non-hydrogen) atoms. The lowest BCUT2D eigenvalue weighted by Gasteiger charge is -2.39. The SMILES string of the molecule is CC1=C(CN2CCCC2)COc2cc(NC(=O)CN3CCN(C(c4ccccc4)c4ccc(Cl)cc4)CC3)ccc21. The Morgan fingerprint density at radius 1 is 0.878 bits per heavy atom. The molecule has 214 valence electrons. The van der Waals surface area contributed by atoms with E-state index in [1.54, 1.807) is 0 Å². The van der Waals surface area contributed by atoms with Gasteiger partial charge in [0, 0.05) is 55.1 Å². The van der Waals surface area contributed by atoms with Gasteiger partial charge in [-0.05, 0) is 79.4 Å². The first-order valence-corrected chi connectivity index (χ1v) is 15.2. The van der Waals surface area contributed by atoms with Gasteiger partial charge in [-0.3, -0.25) is 19.5 Å². The smallest absolute Gasteiger partial charge is 0.238 e. The molecule has 2 fully saturated rings. The number of hydrogen-bond donors (Lipinski definition) is 1. The van der Waals surface area contributed by atoms with Crippen molar-refractivity contribution >= 4 is 28.8 Å². The van der Waals surface area contributed by atoms with E-state index in [0.717, 1.165) is 54.7 Å². The van der Waals surface area contributed by atoms with Crippen LogP contribution in [0.5, 0.6) is 5.75 Å². The van der Waals surface area contributed by atoms with Crippen LogP contribution in [0.4, 0.5) is 5.69 Å². The van der Waals surface area contributed by atoms with Gasteiger partial charge < -0.3 is 10.1 Å². The number of carbonyl (C=O) groups is 1. The number of anilines is 1. The Hall–Kier alpha value is -3.16. The number of nitrogens with one attached hydrogen (secondary N) is 1. The van der Waals surface area contributed by atoms with Crippen LogP contribution in [0.15, 0.2) is 78.4 Å². The highest BCUT2D eigenvalue weighted by molar-refractivity contribution is 6.30. The van der Waals surface area contributed by atoms with E-state index in [9.17, 15) is 4.79 Å². The lowest BCUT2D eigenvalue weighted by Crippen LogP contribution is -2.49. The van der Waals surface area contributed by atoms with E-state index in [1.807, 2.05) is 24.3 Å². The lowest BCUT2D eigenvalue weighted by molar-refractivity contribution is -0.117. The first-order valence-electron chi connectivity index (χ1n) is 14.8. The Kier molecular flexibility index (Phi) is 8.73. The average molecular weight is 571 g/mol. The van der Waals surface area contributed by atoms with Crippen LogP contribution in [0, 0.1) is 0 Å². The van der Waals surface area contributed by atoms with E-state index in [1.165, 1.54) is 48.2 Å². The van der Waals surface area contributed by atoms with Crippen molar-refractivity contribution in [3.05, 3.63) is 100 Å². The number of benzene rings is 3. The summed E-state index contributed by atoms with van der Waals surface area (Å²) >= 11 is 6.18. The Morgan fingerprint density at radius 2 is 1.59 bits per heavy atom. The van der Waals surface area contributed by atoms with Crippen LogP contribution in [0.1, 0.15) is 42.5 Å². The normalized spacial score (nSPS) is 19.1. The number of fused-ring (bicyclic) bond motifs is 1.